The number of hydrogen-bond donors (Lipinski definition) is 1. The van der Waals surface area contributed by atoms with Crippen LogP contribution in [0.5, 0.6) is 0 Å². The topological polar surface area (TPSA) is 43.8 Å². The van der Waals surface area contributed by atoms with Crippen LogP contribution in [0.4, 0.5) is 10.3 Å². The van der Waals surface area contributed by atoms with Crippen LogP contribution in [0.2, 0.25) is 0 Å². The van der Waals surface area contributed by atoms with Crippen molar-refractivity contribution in [3.8, 4) is 5.69 Å². The van der Waals surface area contributed by atoms with Crippen LogP contribution in [-0.2, 0) is 0 Å². The lowest BCUT2D eigenvalue weighted by Crippen LogP contribution is -2.01. The van der Waals surface area contributed by atoms with Gasteiger partial charge in [-0.3, -0.25) is 4.57 Å². The molecule has 2 aromatic carbocycles. The molecule has 0 radical (unpaired) electrons. The van der Waals surface area contributed by atoms with E-state index < -0.39 is 0 Å². The highest BCUT2D eigenvalue weighted by Gasteiger charge is 2.13. The van der Waals surface area contributed by atoms with Crippen molar-refractivity contribution in [2.75, 3.05) is 5.73 Å². The lowest BCUT2D eigenvalue weighted by atomic mass is 10.0. The van der Waals surface area contributed by atoms with Crippen LogP contribution in [-0.4, -0.2) is 9.55 Å². The van der Waals surface area contributed by atoms with E-state index in [9.17, 15) is 4.39 Å². The molecular weight excluding hydrogens is 380 g/mol. The third kappa shape index (κ3) is 2.50. The molecule has 0 saturated heterocycles. The van der Waals surface area contributed by atoms with Crippen LogP contribution in [0, 0.1) is 9.39 Å². The largest absolute Gasteiger partial charge is 0.369 e. The van der Waals surface area contributed by atoms with Gasteiger partial charge < -0.3 is 5.73 Å². The van der Waals surface area contributed by atoms with Crippen molar-refractivity contribution in [2.45, 2.75) is 19.8 Å². The fourth-order valence-corrected chi connectivity index (χ4v) is 2.84. The van der Waals surface area contributed by atoms with Crippen molar-refractivity contribution < 1.29 is 4.39 Å². The molecule has 2 N–H and O–H groups in total. The first kappa shape index (κ1) is 14.3. The molecule has 1 aromatic heterocycles. The van der Waals surface area contributed by atoms with Gasteiger partial charge >= 0.3 is 0 Å². The Morgan fingerprint density at radius 3 is 2.71 bits per heavy atom. The van der Waals surface area contributed by atoms with Gasteiger partial charge in [0.05, 0.1) is 14.6 Å². The van der Waals surface area contributed by atoms with Crippen molar-refractivity contribution in [3.05, 3.63) is 51.3 Å². The van der Waals surface area contributed by atoms with Crippen LogP contribution >= 0.6 is 22.6 Å². The van der Waals surface area contributed by atoms with Crippen LogP contribution in [0.3, 0.4) is 0 Å². The van der Waals surface area contributed by atoms with Crippen LogP contribution in [0.1, 0.15) is 25.3 Å². The summed E-state index contributed by atoms with van der Waals surface area (Å²) in [6.07, 6.45) is 0. The minimum Gasteiger partial charge on any atom is -0.369 e. The Kier molecular flexibility index (Phi) is 3.61. The van der Waals surface area contributed by atoms with Gasteiger partial charge in [-0.1, -0.05) is 26.0 Å². The number of hydrogen-bond acceptors (Lipinski definition) is 2. The summed E-state index contributed by atoms with van der Waals surface area (Å²) in [6, 6.07) is 11.3. The van der Waals surface area contributed by atoms with Gasteiger partial charge in [-0.25, -0.2) is 9.37 Å². The Morgan fingerprint density at radius 1 is 1.24 bits per heavy atom. The first-order valence-corrected chi connectivity index (χ1v) is 7.78. The molecule has 5 heteroatoms. The lowest BCUT2D eigenvalue weighted by molar-refractivity contribution is 0.622. The Balaban J connectivity index is 2.27. The molecule has 0 aliphatic rings. The summed E-state index contributed by atoms with van der Waals surface area (Å²) in [6.45, 7) is 4.27. The molecule has 0 fully saturated rings. The molecule has 108 valence electrons. The van der Waals surface area contributed by atoms with E-state index in [2.05, 4.69) is 31.0 Å². The van der Waals surface area contributed by atoms with E-state index in [1.165, 1.54) is 11.6 Å². The molecule has 0 aliphatic carbocycles. The summed E-state index contributed by atoms with van der Waals surface area (Å²) in [4.78, 5) is 4.34. The second-order valence-corrected chi connectivity index (χ2v) is 6.47. The Hall–Kier alpha value is -1.63. The van der Waals surface area contributed by atoms with Crippen molar-refractivity contribution in [2.24, 2.45) is 0 Å². The van der Waals surface area contributed by atoms with Gasteiger partial charge in [0, 0.05) is 11.8 Å². The van der Waals surface area contributed by atoms with Crippen molar-refractivity contribution in [1.29, 1.82) is 0 Å². The van der Waals surface area contributed by atoms with Crippen LogP contribution < -0.4 is 5.73 Å². The molecule has 0 spiro atoms. The molecule has 0 amide bonds. The maximum atomic E-state index is 13.9. The van der Waals surface area contributed by atoms with E-state index in [0.717, 1.165) is 5.69 Å². The summed E-state index contributed by atoms with van der Waals surface area (Å²) in [5.74, 6) is 0.523. The molecule has 0 saturated carbocycles. The quantitative estimate of drug-likeness (QED) is 0.651. The lowest BCUT2D eigenvalue weighted by Gasteiger charge is -2.11. The number of rotatable bonds is 2. The third-order valence-corrected chi connectivity index (χ3v) is 4.34. The van der Waals surface area contributed by atoms with Gasteiger partial charge in [0.2, 0.25) is 5.95 Å². The zero-order chi connectivity index (χ0) is 15.1. The number of halogens is 2. The first-order valence-electron chi connectivity index (χ1n) is 6.70. The predicted molar refractivity (Wildman–Crippen MR) is 92.2 cm³/mol. The molecule has 1 heterocycles. The highest BCUT2D eigenvalue weighted by molar-refractivity contribution is 14.1. The van der Waals surface area contributed by atoms with Gasteiger partial charge in [0.15, 0.2) is 0 Å². The van der Waals surface area contributed by atoms with Crippen LogP contribution in [0.25, 0.3) is 16.7 Å². The first-order chi connectivity index (χ1) is 9.97. The third-order valence-electron chi connectivity index (χ3n) is 3.52. The summed E-state index contributed by atoms with van der Waals surface area (Å²) in [5, 5.41) is 0. The van der Waals surface area contributed by atoms with Gasteiger partial charge in [0.25, 0.3) is 0 Å². The van der Waals surface area contributed by atoms with E-state index in [4.69, 9.17) is 5.73 Å². The second-order valence-electron chi connectivity index (χ2n) is 5.31. The molecule has 3 rings (SSSR count). The average molecular weight is 395 g/mol. The number of benzene rings is 2. The number of anilines is 1. The number of nitrogens with zero attached hydrogens (tertiary/aromatic N) is 2. The zero-order valence-corrected chi connectivity index (χ0v) is 13.9. The van der Waals surface area contributed by atoms with Crippen molar-refractivity contribution in [3.63, 3.8) is 0 Å². The standard InChI is InChI=1S/C16H15FIN3/c1-9(2)10-4-3-5-11(6-10)21-15-7-12(17)13(18)8-14(15)20-16(21)19/h3-9H,1-2H3,(H2,19,20). The average Bonchev–Trinajstić information content (AvgIpc) is 2.74. The molecular formula is C16H15FIN3. The highest BCUT2D eigenvalue weighted by atomic mass is 127. The number of aromatic nitrogens is 2. The number of imidazole rings is 1. The van der Waals surface area contributed by atoms with Crippen molar-refractivity contribution in [1.82, 2.24) is 9.55 Å². The fraction of sp³-hybridized carbons (Fsp3) is 0.188. The molecule has 3 nitrogen and oxygen atoms in total. The molecule has 0 bridgehead atoms. The normalized spacial score (nSPS) is 11.5. The minimum absolute atomic E-state index is 0.260. The molecule has 0 unspecified atom stereocenters. The van der Waals surface area contributed by atoms with E-state index in [1.807, 2.05) is 34.7 Å². The second kappa shape index (κ2) is 5.29. The number of nitrogen functional groups attached to an aromatic ring is 1. The summed E-state index contributed by atoms with van der Waals surface area (Å²) in [5.41, 5.74) is 9.54. The monoisotopic (exact) mass is 395 g/mol. The van der Waals surface area contributed by atoms with E-state index in [0.29, 0.717) is 26.5 Å². The Labute approximate surface area is 136 Å². The minimum atomic E-state index is -0.260. The molecule has 0 atom stereocenters. The zero-order valence-electron chi connectivity index (χ0n) is 11.8. The number of nitrogens with two attached hydrogens (primary N) is 1. The highest BCUT2D eigenvalue weighted by Crippen LogP contribution is 2.27. The van der Waals surface area contributed by atoms with Crippen molar-refractivity contribution >= 4 is 39.6 Å². The molecule has 3 aromatic rings. The van der Waals surface area contributed by atoms with Crippen LogP contribution in [0.15, 0.2) is 36.4 Å². The summed E-state index contributed by atoms with van der Waals surface area (Å²) < 4.78 is 16.2. The summed E-state index contributed by atoms with van der Waals surface area (Å²) in [7, 11) is 0. The van der Waals surface area contributed by atoms with E-state index in [1.54, 1.807) is 10.6 Å². The number of fused-ring (bicyclic) bond motifs is 1. The maximum Gasteiger partial charge on any atom is 0.205 e. The van der Waals surface area contributed by atoms with Gasteiger partial charge in [0.1, 0.15) is 5.82 Å². The maximum absolute atomic E-state index is 13.9. The molecule has 0 aliphatic heterocycles. The Bertz CT molecular complexity index is 824. The van der Waals surface area contributed by atoms with Gasteiger partial charge in [-0.15, -0.1) is 0 Å². The fourth-order valence-electron chi connectivity index (χ4n) is 2.39. The van der Waals surface area contributed by atoms with E-state index >= 15 is 0 Å². The summed E-state index contributed by atoms with van der Waals surface area (Å²) >= 11 is 1.96. The van der Waals surface area contributed by atoms with E-state index in [-0.39, 0.29) is 5.82 Å². The van der Waals surface area contributed by atoms with Gasteiger partial charge in [-0.05, 0) is 52.3 Å². The Morgan fingerprint density at radius 2 is 2.00 bits per heavy atom. The van der Waals surface area contributed by atoms with Gasteiger partial charge in [-0.2, -0.15) is 0 Å². The molecule has 21 heavy (non-hydrogen) atoms. The predicted octanol–water partition coefficient (Wildman–Crippen LogP) is 4.47. The smallest absolute Gasteiger partial charge is 0.205 e. The SMILES string of the molecule is CC(C)c1cccc(-n2c(N)nc3cc(I)c(F)cc32)c1.